The van der Waals surface area contributed by atoms with Gasteiger partial charge < -0.3 is 16.4 Å². The number of nitrogens with one attached hydrogen (secondary N) is 2. The molecule has 0 bridgehead atoms. The van der Waals surface area contributed by atoms with Crippen molar-refractivity contribution in [1.82, 2.24) is 10.6 Å². The van der Waals surface area contributed by atoms with Gasteiger partial charge in [-0.05, 0) is 25.7 Å². The summed E-state index contributed by atoms with van der Waals surface area (Å²) in [6.45, 7) is 3.61. The third kappa shape index (κ3) is 5.47. The summed E-state index contributed by atoms with van der Waals surface area (Å²) in [4.78, 5) is 11.3. The monoisotopic (exact) mass is 227 g/mol. The van der Waals surface area contributed by atoms with Crippen LogP contribution in [0.5, 0.6) is 0 Å². The minimum Gasteiger partial charge on any atom is -0.356 e. The molecule has 0 aromatic heterocycles. The zero-order valence-electron chi connectivity index (χ0n) is 10.3. The van der Waals surface area contributed by atoms with E-state index in [9.17, 15) is 4.79 Å². The highest BCUT2D eigenvalue weighted by molar-refractivity contribution is 5.75. The minimum absolute atomic E-state index is 0.148. The van der Waals surface area contributed by atoms with Crippen molar-refractivity contribution in [2.24, 2.45) is 5.73 Å². The summed E-state index contributed by atoms with van der Waals surface area (Å²) in [5.41, 5.74) is 5.90. The normalized spacial score (nSPS) is 25.4. The first-order valence-electron chi connectivity index (χ1n) is 6.48. The Bertz CT molecular complexity index is 208. The lowest BCUT2D eigenvalue weighted by Gasteiger charge is -2.27. The largest absolute Gasteiger partial charge is 0.356 e. The van der Waals surface area contributed by atoms with E-state index in [4.69, 9.17) is 5.73 Å². The van der Waals surface area contributed by atoms with E-state index in [1.807, 2.05) is 0 Å². The Hall–Kier alpha value is -0.610. The molecular formula is C12H25N3O. The molecule has 16 heavy (non-hydrogen) atoms. The molecule has 94 valence electrons. The smallest absolute Gasteiger partial charge is 0.221 e. The van der Waals surface area contributed by atoms with Crippen LogP contribution in [0.25, 0.3) is 0 Å². The van der Waals surface area contributed by atoms with Crippen LogP contribution in [-0.2, 0) is 4.79 Å². The van der Waals surface area contributed by atoms with Crippen LogP contribution in [0.15, 0.2) is 0 Å². The van der Waals surface area contributed by atoms with Gasteiger partial charge in [-0.1, -0.05) is 13.3 Å². The lowest BCUT2D eigenvalue weighted by atomic mass is 9.91. The zero-order valence-corrected chi connectivity index (χ0v) is 10.3. The first-order valence-corrected chi connectivity index (χ1v) is 6.48. The van der Waals surface area contributed by atoms with Crippen molar-refractivity contribution in [3.8, 4) is 0 Å². The number of amides is 1. The highest BCUT2D eigenvalue weighted by Gasteiger charge is 2.18. The van der Waals surface area contributed by atoms with Gasteiger partial charge in [0.25, 0.3) is 0 Å². The molecule has 4 nitrogen and oxygen atoms in total. The summed E-state index contributed by atoms with van der Waals surface area (Å²) in [5, 5.41) is 6.29. The topological polar surface area (TPSA) is 67.2 Å². The maximum Gasteiger partial charge on any atom is 0.221 e. The van der Waals surface area contributed by atoms with Crippen molar-refractivity contribution in [3.63, 3.8) is 0 Å². The quantitative estimate of drug-likeness (QED) is 0.627. The van der Waals surface area contributed by atoms with Gasteiger partial charge in [0.15, 0.2) is 0 Å². The second-order valence-corrected chi connectivity index (χ2v) is 4.68. The molecule has 4 heteroatoms. The molecule has 2 atom stereocenters. The molecule has 1 rings (SSSR count). The molecule has 0 aliphatic heterocycles. The third-order valence-corrected chi connectivity index (χ3v) is 3.07. The second-order valence-electron chi connectivity index (χ2n) is 4.68. The van der Waals surface area contributed by atoms with Gasteiger partial charge in [0.1, 0.15) is 0 Å². The van der Waals surface area contributed by atoms with Crippen molar-refractivity contribution >= 4 is 5.91 Å². The number of carbonyl (C=O) groups excluding carboxylic acids is 1. The van der Waals surface area contributed by atoms with Gasteiger partial charge in [0.05, 0.1) is 0 Å². The maximum absolute atomic E-state index is 11.3. The van der Waals surface area contributed by atoms with Crippen LogP contribution in [0.2, 0.25) is 0 Å². The molecule has 0 aromatic carbocycles. The lowest BCUT2D eigenvalue weighted by Crippen LogP contribution is -2.40. The van der Waals surface area contributed by atoms with Crippen LogP contribution in [0.4, 0.5) is 0 Å². The van der Waals surface area contributed by atoms with Crippen molar-refractivity contribution < 1.29 is 4.79 Å². The number of rotatable bonds is 6. The molecule has 0 spiro atoms. The molecule has 4 N–H and O–H groups in total. The first kappa shape index (κ1) is 13.5. The van der Waals surface area contributed by atoms with E-state index in [1.54, 1.807) is 0 Å². The van der Waals surface area contributed by atoms with E-state index < -0.39 is 0 Å². The van der Waals surface area contributed by atoms with Gasteiger partial charge in [-0.2, -0.15) is 0 Å². The van der Waals surface area contributed by atoms with Gasteiger partial charge in [-0.15, -0.1) is 0 Å². The lowest BCUT2D eigenvalue weighted by molar-refractivity contribution is -0.121. The number of nitrogens with two attached hydrogens (primary N) is 1. The summed E-state index contributed by atoms with van der Waals surface area (Å²) < 4.78 is 0. The summed E-state index contributed by atoms with van der Waals surface area (Å²) in [5.74, 6) is 0.148. The fourth-order valence-electron chi connectivity index (χ4n) is 2.16. The van der Waals surface area contributed by atoms with Crippen LogP contribution in [0.1, 0.15) is 45.4 Å². The summed E-state index contributed by atoms with van der Waals surface area (Å²) in [7, 11) is 0. The van der Waals surface area contributed by atoms with Crippen LogP contribution >= 0.6 is 0 Å². The Labute approximate surface area is 98.3 Å². The first-order chi connectivity index (χ1) is 7.72. The summed E-state index contributed by atoms with van der Waals surface area (Å²) >= 11 is 0. The van der Waals surface area contributed by atoms with Crippen LogP contribution in [0.3, 0.4) is 0 Å². The van der Waals surface area contributed by atoms with Crippen LogP contribution in [-0.4, -0.2) is 31.1 Å². The highest BCUT2D eigenvalue weighted by atomic mass is 16.1. The Morgan fingerprint density at radius 2 is 2.19 bits per heavy atom. The van der Waals surface area contributed by atoms with Gasteiger partial charge in [-0.3, -0.25) is 4.79 Å². The predicted molar refractivity (Wildman–Crippen MR) is 66.2 cm³/mol. The van der Waals surface area contributed by atoms with E-state index >= 15 is 0 Å². The predicted octanol–water partition coefficient (Wildman–Crippen LogP) is 0.762. The van der Waals surface area contributed by atoms with Gasteiger partial charge in [-0.25, -0.2) is 0 Å². The van der Waals surface area contributed by atoms with E-state index in [-0.39, 0.29) is 5.91 Å². The van der Waals surface area contributed by atoms with Crippen LogP contribution < -0.4 is 16.4 Å². The van der Waals surface area contributed by atoms with Crippen molar-refractivity contribution in [3.05, 3.63) is 0 Å². The second kappa shape index (κ2) is 7.63. The van der Waals surface area contributed by atoms with Gasteiger partial charge in [0.2, 0.25) is 5.91 Å². The number of hydrogen-bond donors (Lipinski definition) is 3. The van der Waals surface area contributed by atoms with Gasteiger partial charge >= 0.3 is 0 Å². The molecule has 0 heterocycles. The molecule has 0 aromatic rings. The Balaban J connectivity index is 2.03. The maximum atomic E-state index is 11.3. The summed E-state index contributed by atoms with van der Waals surface area (Å²) in [6.07, 6.45) is 6.18. The molecule has 1 amide bonds. The molecule has 1 aliphatic carbocycles. The van der Waals surface area contributed by atoms with Crippen LogP contribution in [0, 0.1) is 0 Å². The fourth-order valence-corrected chi connectivity index (χ4v) is 2.16. The van der Waals surface area contributed by atoms with E-state index in [0.717, 1.165) is 32.4 Å². The van der Waals surface area contributed by atoms with E-state index in [0.29, 0.717) is 18.5 Å². The molecule has 0 radical (unpaired) electrons. The Morgan fingerprint density at radius 1 is 1.38 bits per heavy atom. The number of carbonyl (C=O) groups is 1. The molecule has 2 unspecified atom stereocenters. The average molecular weight is 227 g/mol. The Morgan fingerprint density at radius 3 is 2.88 bits per heavy atom. The van der Waals surface area contributed by atoms with Gasteiger partial charge in [0, 0.05) is 31.6 Å². The fraction of sp³-hybridized carbons (Fsp3) is 0.917. The molecule has 0 saturated heterocycles. The zero-order chi connectivity index (χ0) is 11.8. The summed E-state index contributed by atoms with van der Waals surface area (Å²) in [6, 6.07) is 0.864. The van der Waals surface area contributed by atoms with Crippen molar-refractivity contribution in [1.29, 1.82) is 0 Å². The Kier molecular flexibility index (Phi) is 6.42. The van der Waals surface area contributed by atoms with E-state index in [1.165, 1.54) is 12.8 Å². The highest BCUT2D eigenvalue weighted by Crippen LogP contribution is 2.16. The number of hydrogen-bond acceptors (Lipinski definition) is 3. The van der Waals surface area contributed by atoms with Crippen molar-refractivity contribution in [2.45, 2.75) is 57.5 Å². The molecule has 1 aliphatic rings. The third-order valence-electron chi connectivity index (χ3n) is 3.07. The average Bonchev–Trinajstić information content (AvgIpc) is 2.26. The molecular weight excluding hydrogens is 202 g/mol. The standard InChI is InChI=1S/C12H25N3O/c1-2-7-15-12(16)6-8-14-11-5-3-4-10(13)9-11/h10-11,14H,2-9,13H2,1H3,(H,15,16). The van der Waals surface area contributed by atoms with Crippen molar-refractivity contribution in [2.75, 3.05) is 13.1 Å². The SMILES string of the molecule is CCCNC(=O)CCNC1CCCC(N)C1. The molecule has 1 fully saturated rings. The minimum atomic E-state index is 0.148. The van der Waals surface area contributed by atoms with E-state index in [2.05, 4.69) is 17.6 Å². The molecule has 1 saturated carbocycles.